The highest BCUT2D eigenvalue weighted by Gasteiger charge is 2.21. The SMILES string of the molecule is O=C(O)c1ccc(C(=O)OCCCCCCCCCCOC(=O)c2ccc(C(=O)O)cc2C(=O)O)c(C(=O)O)c1. The van der Waals surface area contributed by atoms with Crippen molar-refractivity contribution in [3.8, 4) is 0 Å². The Kier molecular flexibility index (Phi) is 12.3. The summed E-state index contributed by atoms with van der Waals surface area (Å²) in [5, 5.41) is 36.5. The lowest BCUT2D eigenvalue weighted by atomic mass is 10.0. The monoisotopic (exact) mass is 558 g/mol. The number of carboxylic acid groups (broad SMARTS) is 4. The smallest absolute Gasteiger partial charge is 0.339 e. The number of carbonyl (C=O) groups is 6. The first-order chi connectivity index (χ1) is 19.0. The fourth-order valence-electron chi connectivity index (χ4n) is 3.81. The predicted molar refractivity (Wildman–Crippen MR) is 138 cm³/mol. The highest BCUT2D eigenvalue weighted by atomic mass is 16.5. The highest BCUT2D eigenvalue weighted by Crippen LogP contribution is 2.16. The molecule has 12 nitrogen and oxygen atoms in total. The van der Waals surface area contributed by atoms with Crippen molar-refractivity contribution >= 4 is 35.8 Å². The molecule has 0 heterocycles. The predicted octanol–water partition coefficient (Wildman–Crippen LogP) is 4.61. The minimum atomic E-state index is -1.42. The van der Waals surface area contributed by atoms with E-state index in [1.165, 1.54) is 0 Å². The van der Waals surface area contributed by atoms with Crippen LogP contribution in [0.5, 0.6) is 0 Å². The number of hydrogen-bond donors (Lipinski definition) is 4. The van der Waals surface area contributed by atoms with Gasteiger partial charge in [-0.05, 0) is 49.2 Å². The van der Waals surface area contributed by atoms with E-state index in [1.54, 1.807) is 0 Å². The molecule has 12 heteroatoms. The fraction of sp³-hybridized carbons (Fsp3) is 0.357. The van der Waals surface area contributed by atoms with Crippen molar-refractivity contribution in [3.63, 3.8) is 0 Å². The Morgan fingerprint density at radius 1 is 0.450 bits per heavy atom. The second-order valence-electron chi connectivity index (χ2n) is 8.84. The van der Waals surface area contributed by atoms with Gasteiger partial charge in [-0.2, -0.15) is 0 Å². The van der Waals surface area contributed by atoms with Crippen molar-refractivity contribution in [2.24, 2.45) is 0 Å². The van der Waals surface area contributed by atoms with Crippen LogP contribution in [0.25, 0.3) is 0 Å². The van der Waals surface area contributed by atoms with Crippen LogP contribution in [0.1, 0.15) is 114 Å². The zero-order valence-corrected chi connectivity index (χ0v) is 21.6. The number of benzene rings is 2. The largest absolute Gasteiger partial charge is 0.478 e. The first-order valence-electron chi connectivity index (χ1n) is 12.6. The molecule has 0 bridgehead atoms. The van der Waals surface area contributed by atoms with Gasteiger partial charge in [0, 0.05) is 0 Å². The van der Waals surface area contributed by atoms with Gasteiger partial charge < -0.3 is 29.9 Å². The Bertz CT molecular complexity index is 1170. The summed E-state index contributed by atoms with van der Waals surface area (Å²) in [6, 6.07) is 6.38. The molecule has 2 rings (SSSR count). The third-order valence-corrected chi connectivity index (χ3v) is 5.94. The van der Waals surface area contributed by atoms with Gasteiger partial charge in [-0.3, -0.25) is 0 Å². The van der Waals surface area contributed by atoms with Crippen molar-refractivity contribution in [1.82, 2.24) is 0 Å². The maximum atomic E-state index is 12.2. The standard InChI is InChI=1S/C28H30O12/c29-23(30)17-9-11-19(21(15-17)25(33)34)27(37)39-13-7-5-3-1-2-4-6-8-14-40-28(38)20-12-10-18(24(31)32)16-22(20)26(35)36/h9-12,15-16H,1-8,13-14H2,(H,29,30)(H,31,32)(H,33,34)(H,35,36). The number of esters is 2. The molecule has 0 atom stereocenters. The molecule has 0 amide bonds. The van der Waals surface area contributed by atoms with Crippen LogP contribution in [0, 0.1) is 0 Å². The zero-order chi connectivity index (χ0) is 29.7. The number of carboxylic acids is 4. The second kappa shape index (κ2) is 15.6. The van der Waals surface area contributed by atoms with Crippen LogP contribution in [0.2, 0.25) is 0 Å². The molecule has 2 aromatic carbocycles. The molecule has 0 aromatic heterocycles. The minimum absolute atomic E-state index is 0.104. The van der Waals surface area contributed by atoms with Gasteiger partial charge in [0.2, 0.25) is 0 Å². The lowest BCUT2D eigenvalue weighted by molar-refractivity contribution is 0.0480. The third-order valence-electron chi connectivity index (χ3n) is 5.94. The maximum Gasteiger partial charge on any atom is 0.339 e. The average Bonchev–Trinajstić information content (AvgIpc) is 2.92. The molecular weight excluding hydrogens is 528 g/mol. The number of carbonyl (C=O) groups excluding carboxylic acids is 2. The molecule has 40 heavy (non-hydrogen) atoms. The lowest BCUT2D eigenvalue weighted by Crippen LogP contribution is -2.14. The second-order valence-corrected chi connectivity index (χ2v) is 8.84. The summed E-state index contributed by atoms with van der Waals surface area (Å²) in [4.78, 5) is 69.1. The summed E-state index contributed by atoms with van der Waals surface area (Å²) >= 11 is 0. The molecule has 0 saturated heterocycles. The summed E-state index contributed by atoms with van der Waals surface area (Å²) in [5.41, 5.74) is -1.76. The van der Waals surface area contributed by atoms with E-state index in [4.69, 9.17) is 19.7 Å². The zero-order valence-electron chi connectivity index (χ0n) is 21.6. The van der Waals surface area contributed by atoms with Crippen molar-refractivity contribution in [3.05, 3.63) is 69.8 Å². The van der Waals surface area contributed by atoms with Crippen LogP contribution >= 0.6 is 0 Å². The van der Waals surface area contributed by atoms with Crippen LogP contribution in [0.4, 0.5) is 0 Å². The van der Waals surface area contributed by atoms with Gasteiger partial charge >= 0.3 is 35.8 Å². The quantitative estimate of drug-likeness (QED) is 0.155. The molecule has 0 radical (unpaired) electrons. The van der Waals surface area contributed by atoms with Gasteiger partial charge in [0.05, 0.1) is 46.6 Å². The molecule has 2 aromatic rings. The molecule has 0 saturated carbocycles. The molecule has 0 aliphatic heterocycles. The van der Waals surface area contributed by atoms with Crippen LogP contribution in [-0.4, -0.2) is 69.5 Å². The minimum Gasteiger partial charge on any atom is -0.478 e. The van der Waals surface area contributed by atoms with Crippen molar-refractivity contribution in [2.75, 3.05) is 13.2 Å². The normalized spacial score (nSPS) is 10.5. The van der Waals surface area contributed by atoms with Crippen LogP contribution in [0.15, 0.2) is 36.4 Å². The van der Waals surface area contributed by atoms with Gasteiger partial charge in [0.15, 0.2) is 0 Å². The Labute approximate surface area is 229 Å². The number of ether oxygens (including phenoxy) is 2. The van der Waals surface area contributed by atoms with E-state index in [0.717, 1.165) is 74.9 Å². The third kappa shape index (κ3) is 9.53. The van der Waals surface area contributed by atoms with Gasteiger partial charge in [0.25, 0.3) is 0 Å². The molecule has 0 aliphatic rings. The number of hydrogen-bond acceptors (Lipinski definition) is 8. The molecule has 0 fully saturated rings. The van der Waals surface area contributed by atoms with Gasteiger partial charge in [0.1, 0.15) is 0 Å². The summed E-state index contributed by atoms with van der Waals surface area (Å²) in [5.74, 6) is -7.11. The molecule has 0 unspecified atom stereocenters. The molecular formula is C28H30O12. The Hall–Kier alpha value is -4.74. The van der Waals surface area contributed by atoms with E-state index in [-0.39, 0.29) is 35.5 Å². The first kappa shape index (κ1) is 31.5. The summed E-state index contributed by atoms with van der Waals surface area (Å²) in [7, 11) is 0. The van der Waals surface area contributed by atoms with Crippen LogP contribution in [0.3, 0.4) is 0 Å². The van der Waals surface area contributed by atoms with Gasteiger partial charge in [-0.1, -0.05) is 38.5 Å². The molecule has 214 valence electrons. The van der Waals surface area contributed by atoms with E-state index >= 15 is 0 Å². The van der Waals surface area contributed by atoms with E-state index in [0.29, 0.717) is 12.8 Å². The van der Waals surface area contributed by atoms with Crippen molar-refractivity contribution < 1.29 is 58.7 Å². The molecule has 4 N–H and O–H groups in total. The summed E-state index contributed by atoms with van der Waals surface area (Å²) < 4.78 is 10.3. The topological polar surface area (TPSA) is 202 Å². The summed E-state index contributed by atoms with van der Waals surface area (Å²) in [6.45, 7) is 0.207. The Morgan fingerprint density at radius 2 is 0.775 bits per heavy atom. The number of rotatable bonds is 17. The lowest BCUT2D eigenvalue weighted by Gasteiger charge is -2.09. The van der Waals surface area contributed by atoms with Crippen molar-refractivity contribution in [1.29, 1.82) is 0 Å². The first-order valence-corrected chi connectivity index (χ1v) is 12.6. The molecule has 0 spiro atoms. The van der Waals surface area contributed by atoms with E-state index in [9.17, 15) is 39.0 Å². The fourth-order valence-corrected chi connectivity index (χ4v) is 3.81. The van der Waals surface area contributed by atoms with Gasteiger partial charge in [-0.15, -0.1) is 0 Å². The molecule has 0 aliphatic carbocycles. The Balaban J connectivity index is 1.58. The summed E-state index contributed by atoms with van der Waals surface area (Å²) in [6.07, 6.45) is 6.42. The van der Waals surface area contributed by atoms with E-state index in [2.05, 4.69) is 0 Å². The van der Waals surface area contributed by atoms with E-state index < -0.39 is 46.9 Å². The Morgan fingerprint density at radius 3 is 1.07 bits per heavy atom. The maximum absolute atomic E-state index is 12.2. The van der Waals surface area contributed by atoms with Crippen LogP contribution in [-0.2, 0) is 9.47 Å². The highest BCUT2D eigenvalue weighted by molar-refractivity contribution is 6.05. The van der Waals surface area contributed by atoms with Gasteiger partial charge in [-0.25, -0.2) is 28.8 Å². The number of aromatic carboxylic acids is 4. The van der Waals surface area contributed by atoms with Crippen LogP contribution < -0.4 is 0 Å². The van der Waals surface area contributed by atoms with Crippen molar-refractivity contribution in [2.45, 2.75) is 51.4 Å². The number of unbranched alkanes of at least 4 members (excludes halogenated alkanes) is 7. The average molecular weight is 559 g/mol. The van der Waals surface area contributed by atoms with E-state index in [1.807, 2.05) is 0 Å².